The van der Waals surface area contributed by atoms with Crippen LogP contribution in [0.3, 0.4) is 0 Å². The standard InChI is InChI=1S/C20H17Cl2N3O4/c1-2-3-8-29-16-6-4-13(5-7-16)9-14(12-23)20(26)24-19-17(21)10-15(25(27)28)11-18(19)22/h4-7,9-11H,2-3,8H2,1H3,(H,24,26)/b14-9+. The molecular weight excluding hydrogens is 417 g/mol. The van der Waals surface area contributed by atoms with E-state index in [4.69, 9.17) is 27.9 Å². The van der Waals surface area contributed by atoms with Crippen LogP contribution in [0.2, 0.25) is 10.0 Å². The maximum absolute atomic E-state index is 12.4. The Labute approximate surface area is 177 Å². The number of nitro benzene ring substituents is 1. The number of carbonyl (C=O) groups is 1. The van der Waals surface area contributed by atoms with E-state index in [0.717, 1.165) is 25.0 Å². The molecule has 2 rings (SSSR count). The quantitative estimate of drug-likeness (QED) is 0.191. The van der Waals surface area contributed by atoms with Gasteiger partial charge in [0.15, 0.2) is 0 Å². The van der Waals surface area contributed by atoms with Crippen LogP contribution >= 0.6 is 23.2 Å². The summed E-state index contributed by atoms with van der Waals surface area (Å²) >= 11 is 12.0. The van der Waals surface area contributed by atoms with E-state index in [1.54, 1.807) is 24.3 Å². The fourth-order valence-electron chi connectivity index (χ4n) is 2.28. The van der Waals surface area contributed by atoms with Crippen molar-refractivity contribution in [3.8, 4) is 11.8 Å². The summed E-state index contributed by atoms with van der Waals surface area (Å²) in [6, 6.07) is 10.9. The van der Waals surface area contributed by atoms with Gasteiger partial charge in [-0.25, -0.2) is 0 Å². The van der Waals surface area contributed by atoms with Crippen molar-refractivity contribution in [2.75, 3.05) is 11.9 Å². The number of benzene rings is 2. The maximum Gasteiger partial charge on any atom is 0.272 e. The number of unbranched alkanes of at least 4 members (excludes halogenated alkanes) is 1. The summed E-state index contributed by atoms with van der Waals surface area (Å²) in [5, 5.41) is 22.4. The first-order chi connectivity index (χ1) is 13.8. The lowest BCUT2D eigenvalue weighted by molar-refractivity contribution is -0.384. The van der Waals surface area contributed by atoms with Crippen LogP contribution in [-0.4, -0.2) is 17.4 Å². The molecule has 0 atom stereocenters. The Hall–Kier alpha value is -3.08. The molecule has 0 aliphatic rings. The van der Waals surface area contributed by atoms with Gasteiger partial charge in [0.1, 0.15) is 17.4 Å². The van der Waals surface area contributed by atoms with Crippen molar-refractivity contribution in [2.45, 2.75) is 19.8 Å². The van der Waals surface area contributed by atoms with Crippen molar-refractivity contribution in [3.05, 3.63) is 67.7 Å². The Morgan fingerprint density at radius 3 is 2.41 bits per heavy atom. The van der Waals surface area contributed by atoms with E-state index in [1.807, 2.05) is 6.07 Å². The zero-order valence-corrected chi connectivity index (χ0v) is 17.0. The van der Waals surface area contributed by atoms with Crippen LogP contribution < -0.4 is 10.1 Å². The third-order valence-electron chi connectivity index (χ3n) is 3.80. The first kappa shape index (κ1) is 22.2. The number of rotatable bonds is 8. The van der Waals surface area contributed by atoms with Gasteiger partial charge in [0.05, 0.1) is 27.3 Å². The van der Waals surface area contributed by atoms with Crippen LogP contribution in [0, 0.1) is 21.4 Å². The number of hydrogen-bond donors (Lipinski definition) is 1. The molecule has 0 radical (unpaired) electrons. The summed E-state index contributed by atoms with van der Waals surface area (Å²) in [7, 11) is 0. The second-order valence-corrected chi connectivity index (χ2v) is 6.75. The number of hydrogen-bond acceptors (Lipinski definition) is 5. The lowest BCUT2D eigenvalue weighted by Crippen LogP contribution is -2.14. The summed E-state index contributed by atoms with van der Waals surface area (Å²) in [6.07, 6.45) is 3.39. The van der Waals surface area contributed by atoms with Gasteiger partial charge in [0, 0.05) is 12.1 Å². The molecule has 0 saturated heterocycles. The SMILES string of the molecule is CCCCOc1ccc(/C=C(\C#N)C(=O)Nc2c(Cl)cc([N+](=O)[O-])cc2Cl)cc1. The van der Waals surface area contributed by atoms with Crippen molar-refractivity contribution < 1.29 is 14.5 Å². The predicted molar refractivity (Wildman–Crippen MR) is 112 cm³/mol. The van der Waals surface area contributed by atoms with E-state index in [2.05, 4.69) is 12.2 Å². The number of nitro groups is 1. The molecule has 0 heterocycles. The minimum absolute atomic E-state index is 0.00949. The second-order valence-electron chi connectivity index (χ2n) is 5.94. The monoisotopic (exact) mass is 433 g/mol. The zero-order chi connectivity index (χ0) is 21.4. The molecule has 9 heteroatoms. The second kappa shape index (κ2) is 10.5. The van der Waals surface area contributed by atoms with Gasteiger partial charge in [-0.05, 0) is 30.2 Å². The van der Waals surface area contributed by atoms with Crippen LogP contribution in [0.4, 0.5) is 11.4 Å². The summed E-state index contributed by atoms with van der Waals surface area (Å²) in [4.78, 5) is 22.6. The Bertz CT molecular complexity index is 959. The number of ether oxygens (including phenoxy) is 1. The van der Waals surface area contributed by atoms with Crippen molar-refractivity contribution >= 4 is 46.6 Å². The van der Waals surface area contributed by atoms with Gasteiger partial charge in [-0.1, -0.05) is 48.7 Å². The molecule has 7 nitrogen and oxygen atoms in total. The fraction of sp³-hybridized carbons (Fsp3) is 0.200. The van der Waals surface area contributed by atoms with Crippen LogP contribution in [0.1, 0.15) is 25.3 Å². The van der Waals surface area contributed by atoms with E-state index in [9.17, 15) is 20.2 Å². The van der Waals surface area contributed by atoms with Crippen LogP contribution in [0.15, 0.2) is 42.0 Å². The van der Waals surface area contributed by atoms with Crippen LogP contribution in [0.25, 0.3) is 6.08 Å². The minimum Gasteiger partial charge on any atom is -0.494 e. The lowest BCUT2D eigenvalue weighted by Gasteiger charge is -2.09. The van der Waals surface area contributed by atoms with E-state index < -0.39 is 10.8 Å². The zero-order valence-electron chi connectivity index (χ0n) is 15.4. The van der Waals surface area contributed by atoms with Crippen molar-refractivity contribution in [1.82, 2.24) is 0 Å². The normalized spacial score (nSPS) is 10.9. The molecule has 2 aromatic rings. The highest BCUT2D eigenvalue weighted by molar-refractivity contribution is 6.40. The molecule has 0 spiro atoms. The molecule has 150 valence electrons. The highest BCUT2D eigenvalue weighted by atomic mass is 35.5. The molecule has 1 N–H and O–H groups in total. The average molecular weight is 434 g/mol. The fourth-order valence-corrected chi connectivity index (χ4v) is 2.85. The molecule has 0 aliphatic heterocycles. The summed E-state index contributed by atoms with van der Waals surface area (Å²) in [6.45, 7) is 2.69. The van der Waals surface area contributed by atoms with E-state index in [0.29, 0.717) is 17.9 Å². The number of carbonyl (C=O) groups excluding carboxylic acids is 1. The summed E-state index contributed by atoms with van der Waals surface area (Å²) < 4.78 is 5.57. The molecular formula is C20H17Cl2N3O4. The van der Waals surface area contributed by atoms with E-state index >= 15 is 0 Å². The van der Waals surface area contributed by atoms with Gasteiger partial charge in [0.2, 0.25) is 0 Å². The van der Waals surface area contributed by atoms with Gasteiger partial charge in [-0.3, -0.25) is 14.9 Å². The van der Waals surface area contributed by atoms with Gasteiger partial charge in [0.25, 0.3) is 11.6 Å². The van der Waals surface area contributed by atoms with Crippen molar-refractivity contribution in [1.29, 1.82) is 5.26 Å². The molecule has 0 fully saturated rings. The Kier molecular flexibility index (Phi) is 8.01. The van der Waals surface area contributed by atoms with Crippen molar-refractivity contribution in [2.24, 2.45) is 0 Å². The number of halogens is 2. The number of non-ortho nitro benzene ring substituents is 1. The topological polar surface area (TPSA) is 105 Å². The van der Waals surface area contributed by atoms with Gasteiger partial charge in [-0.15, -0.1) is 0 Å². The summed E-state index contributed by atoms with van der Waals surface area (Å²) in [5.41, 5.74) is 0.121. The van der Waals surface area contributed by atoms with Gasteiger partial charge >= 0.3 is 0 Å². The predicted octanol–water partition coefficient (Wildman–Crippen LogP) is 5.63. The molecule has 1 amide bonds. The van der Waals surface area contributed by atoms with Gasteiger partial charge in [-0.2, -0.15) is 5.26 Å². The summed E-state index contributed by atoms with van der Waals surface area (Å²) in [5.74, 6) is -0.0450. The maximum atomic E-state index is 12.4. The third-order valence-corrected chi connectivity index (χ3v) is 4.40. The third kappa shape index (κ3) is 6.21. The van der Waals surface area contributed by atoms with Crippen molar-refractivity contribution in [3.63, 3.8) is 0 Å². The number of nitrogens with zero attached hydrogens (tertiary/aromatic N) is 2. The molecule has 0 aliphatic carbocycles. The Balaban J connectivity index is 2.17. The van der Waals surface area contributed by atoms with Crippen LogP contribution in [0.5, 0.6) is 5.75 Å². The molecule has 0 saturated carbocycles. The van der Waals surface area contributed by atoms with E-state index in [1.165, 1.54) is 6.08 Å². The highest BCUT2D eigenvalue weighted by Crippen LogP contribution is 2.35. The van der Waals surface area contributed by atoms with E-state index in [-0.39, 0.29) is 27.0 Å². The molecule has 0 bridgehead atoms. The highest BCUT2D eigenvalue weighted by Gasteiger charge is 2.18. The first-order valence-electron chi connectivity index (χ1n) is 8.65. The molecule has 2 aromatic carbocycles. The Morgan fingerprint density at radius 1 is 1.28 bits per heavy atom. The smallest absolute Gasteiger partial charge is 0.272 e. The lowest BCUT2D eigenvalue weighted by atomic mass is 10.1. The molecule has 29 heavy (non-hydrogen) atoms. The first-order valence-corrected chi connectivity index (χ1v) is 9.40. The number of nitrogens with one attached hydrogen (secondary N) is 1. The largest absolute Gasteiger partial charge is 0.494 e. The minimum atomic E-state index is -0.742. The Morgan fingerprint density at radius 2 is 1.90 bits per heavy atom. The number of amides is 1. The number of anilines is 1. The van der Waals surface area contributed by atoms with Crippen LogP contribution in [-0.2, 0) is 4.79 Å². The van der Waals surface area contributed by atoms with Gasteiger partial charge < -0.3 is 10.1 Å². The molecule has 0 unspecified atom stereocenters. The molecule has 0 aromatic heterocycles. The number of nitriles is 1. The average Bonchev–Trinajstić information content (AvgIpc) is 2.69.